The minimum absolute atomic E-state index is 0.0136. The lowest BCUT2D eigenvalue weighted by atomic mass is 9.71. The number of fused-ring (bicyclic) bond motifs is 6. The molecule has 0 bridgehead atoms. The van der Waals surface area contributed by atoms with E-state index < -0.39 is 77.9 Å². The van der Waals surface area contributed by atoms with Crippen LogP contribution in [0.4, 0.5) is 0 Å². The molecule has 268 valence electrons. The molecule has 2 aliphatic heterocycles. The molecule has 0 radical (unpaired) electrons. The van der Waals surface area contributed by atoms with Gasteiger partial charge < -0.3 is 44.1 Å². The average molecular weight is 696 g/mol. The van der Waals surface area contributed by atoms with Gasteiger partial charge >= 0.3 is 0 Å². The number of amides is 1. The van der Waals surface area contributed by atoms with Crippen molar-refractivity contribution in [1.82, 2.24) is 10.3 Å². The lowest BCUT2D eigenvalue weighted by molar-refractivity contribution is -0.245. The molecule has 1 saturated carbocycles. The molecule has 15 nitrogen and oxygen atoms in total. The third-order valence-electron chi connectivity index (χ3n) is 10.7. The number of nitrogens with one attached hydrogen (secondary N) is 1. The first-order chi connectivity index (χ1) is 23.9. The monoisotopic (exact) mass is 695 g/mol. The number of ether oxygens (including phenoxy) is 5. The van der Waals surface area contributed by atoms with Crippen molar-refractivity contribution in [2.75, 3.05) is 34.0 Å². The molecule has 0 aromatic heterocycles. The number of phenols is 2. The van der Waals surface area contributed by atoms with Gasteiger partial charge in [-0.2, -0.15) is 5.10 Å². The van der Waals surface area contributed by atoms with Crippen LogP contribution in [-0.4, -0.2) is 119 Å². The molecular formula is C35H41N3O12. The first-order valence-corrected chi connectivity index (χ1v) is 16.7. The molecule has 2 aromatic rings. The van der Waals surface area contributed by atoms with E-state index in [1.54, 1.807) is 7.11 Å². The van der Waals surface area contributed by atoms with Gasteiger partial charge in [-0.25, -0.2) is 5.43 Å². The Labute approximate surface area is 287 Å². The topological polar surface area (TPSA) is 206 Å². The minimum Gasteiger partial charge on any atom is -0.507 e. The van der Waals surface area contributed by atoms with Crippen molar-refractivity contribution in [2.45, 2.75) is 82.0 Å². The van der Waals surface area contributed by atoms with E-state index in [1.165, 1.54) is 32.2 Å². The highest BCUT2D eigenvalue weighted by atomic mass is 16.7. The number of morpholine rings is 1. The van der Waals surface area contributed by atoms with Crippen LogP contribution in [0.3, 0.4) is 0 Å². The van der Waals surface area contributed by atoms with Crippen LogP contribution in [0.5, 0.6) is 17.2 Å². The summed E-state index contributed by atoms with van der Waals surface area (Å²) in [6.45, 7) is 3.59. The summed E-state index contributed by atoms with van der Waals surface area (Å²) < 4.78 is 29.9. The zero-order valence-corrected chi connectivity index (χ0v) is 28.2. The summed E-state index contributed by atoms with van der Waals surface area (Å²) >= 11 is 0. The van der Waals surface area contributed by atoms with Gasteiger partial charge in [0.1, 0.15) is 22.8 Å². The number of hydrazone groups is 1. The van der Waals surface area contributed by atoms with Gasteiger partial charge in [-0.15, -0.1) is 0 Å². The van der Waals surface area contributed by atoms with Gasteiger partial charge in [0.2, 0.25) is 11.7 Å². The summed E-state index contributed by atoms with van der Waals surface area (Å²) in [6, 6.07) is 4.44. The number of carbonyl (C=O) groups is 3. The van der Waals surface area contributed by atoms with E-state index in [-0.39, 0.29) is 63.8 Å². The van der Waals surface area contributed by atoms with Crippen LogP contribution in [0.1, 0.15) is 82.2 Å². The lowest BCUT2D eigenvalue weighted by Gasteiger charge is -2.44. The standard InChI is InChI=1S/C35H41N3O12/c1-15-10-17(11-20-32(15)50-33-34(47-4)48-9-8-38(20)33)49-22-13-35(45,23(14-39)37-36-16(2)40)12-19-25(22)31(44)27-26(29(19)42)28(41)18-6-5-7-21(46-3)24(18)30(27)43/h5-7,15,17,20,22,32-34,39,42,44-45H,8-14H2,1-4H3,(H,36,40)/b37-23+/t15-,17-,20+,22+,32-,33-,34+,35+/m1/s1. The number of benzene rings is 2. The van der Waals surface area contributed by atoms with Crippen LogP contribution in [0.15, 0.2) is 23.3 Å². The zero-order valence-electron chi connectivity index (χ0n) is 28.2. The molecule has 1 amide bonds. The molecule has 2 heterocycles. The number of hydrogen-bond donors (Lipinski definition) is 5. The normalized spacial score (nSPS) is 32.0. The van der Waals surface area contributed by atoms with Gasteiger partial charge in [-0.3, -0.25) is 19.3 Å². The van der Waals surface area contributed by atoms with Crippen LogP contribution in [0.25, 0.3) is 0 Å². The van der Waals surface area contributed by atoms with E-state index in [0.29, 0.717) is 26.0 Å². The van der Waals surface area contributed by atoms with E-state index in [2.05, 4.69) is 22.4 Å². The summed E-state index contributed by atoms with van der Waals surface area (Å²) in [5, 5.41) is 50.2. The Hall–Kier alpha value is -3.96. The van der Waals surface area contributed by atoms with Crippen molar-refractivity contribution in [3.05, 3.63) is 51.6 Å². The molecule has 50 heavy (non-hydrogen) atoms. The van der Waals surface area contributed by atoms with Crippen molar-refractivity contribution in [3.63, 3.8) is 0 Å². The second-order valence-electron chi connectivity index (χ2n) is 13.6. The summed E-state index contributed by atoms with van der Waals surface area (Å²) in [7, 11) is 2.93. The zero-order chi connectivity index (χ0) is 35.6. The highest BCUT2D eigenvalue weighted by Crippen LogP contribution is 2.53. The number of nitrogens with zero attached hydrogens (tertiary/aromatic N) is 2. The second kappa shape index (κ2) is 13.0. The van der Waals surface area contributed by atoms with E-state index in [1.807, 2.05) is 0 Å². The van der Waals surface area contributed by atoms with E-state index in [4.69, 9.17) is 23.7 Å². The molecule has 3 aliphatic carbocycles. The first-order valence-electron chi connectivity index (χ1n) is 16.7. The quantitative estimate of drug-likeness (QED) is 0.134. The Balaban J connectivity index is 1.32. The molecule has 3 fully saturated rings. The van der Waals surface area contributed by atoms with Crippen LogP contribution in [0, 0.1) is 5.92 Å². The van der Waals surface area contributed by atoms with Crippen molar-refractivity contribution in [3.8, 4) is 17.2 Å². The smallest absolute Gasteiger partial charge is 0.236 e. The van der Waals surface area contributed by atoms with Gasteiger partial charge in [0.05, 0.1) is 61.0 Å². The van der Waals surface area contributed by atoms with Crippen molar-refractivity contribution >= 4 is 23.2 Å². The third-order valence-corrected chi connectivity index (χ3v) is 10.7. The predicted molar refractivity (Wildman–Crippen MR) is 173 cm³/mol. The van der Waals surface area contributed by atoms with Gasteiger partial charge in [0.15, 0.2) is 18.3 Å². The maximum Gasteiger partial charge on any atom is 0.236 e. The van der Waals surface area contributed by atoms with Gasteiger partial charge in [-0.05, 0) is 24.8 Å². The molecule has 8 atom stereocenters. The summed E-state index contributed by atoms with van der Waals surface area (Å²) in [5.74, 6) is -2.98. The summed E-state index contributed by atoms with van der Waals surface area (Å²) in [4.78, 5) is 41.9. The number of aromatic hydroxyl groups is 2. The fourth-order valence-corrected chi connectivity index (χ4v) is 8.49. The number of phenolic OH excluding ortho intramolecular Hbond substituents is 2. The SMILES string of the molecule is COc1cccc2c1C(=O)c1c(O)c3c(c(O)c1C2=O)C[C@@](O)(/C(CO)=N/NC(C)=O)C[C@@H]3O[C@@H]1C[C@@H](C)[C@H]2O[C@@H]3[C@@H](OC)OCCN3[C@H]2C1. The molecule has 5 N–H and O–H groups in total. The molecule has 15 heteroatoms. The Bertz CT molecular complexity index is 1780. The highest BCUT2D eigenvalue weighted by Gasteiger charge is 2.54. The molecule has 7 rings (SSSR count). The van der Waals surface area contributed by atoms with Gasteiger partial charge in [-0.1, -0.05) is 19.1 Å². The highest BCUT2D eigenvalue weighted by molar-refractivity contribution is 6.31. The lowest BCUT2D eigenvalue weighted by Crippen LogP contribution is -2.54. The first kappa shape index (κ1) is 34.5. The predicted octanol–water partition coefficient (Wildman–Crippen LogP) is 1.30. The maximum absolute atomic E-state index is 14.0. The largest absolute Gasteiger partial charge is 0.507 e. The molecular weight excluding hydrogens is 654 g/mol. The van der Waals surface area contributed by atoms with Crippen LogP contribution in [0.2, 0.25) is 0 Å². The van der Waals surface area contributed by atoms with Crippen molar-refractivity contribution in [2.24, 2.45) is 11.0 Å². The number of carbonyl (C=O) groups excluding carboxylic acids is 3. The van der Waals surface area contributed by atoms with Crippen LogP contribution >= 0.6 is 0 Å². The number of hydrogen-bond acceptors (Lipinski definition) is 14. The van der Waals surface area contributed by atoms with Gasteiger partial charge in [0, 0.05) is 56.2 Å². The Morgan fingerprint density at radius 2 is 1.88 bits per heavy atom. The number of aliphatic hydroxyl groups is 2. The number of ketones is 2. The van der Waals surface area contributed by atoms with E-state index in [9.17, 15) is 34.8 Å². The Morgan fingerprint density at radius 1 is 1.12 bits per heavy atom. The van der Waals surface area contributed by atoms with Crippen LogP contribution in [-0.2, 0) is 30.2 Å². The third kappa shape index (κ3) is 5.39. The number of aliphatic hydroxyl groups excluding tert-OH is 1. The second-order valence-corrected chi connectivity index (χ2v) is 13.6. The maximum atomic E-state index is 14.0. The van der Waals surface area contributed by atoms with Crippen LogP contribution < -0.4 is 10.2 Å². The number of rotatable bonds is 7. The average Bonchev–Trinajstić information content (AvgIpc) is 3.47. The minimum atomic E-state index is -2.00. The fourth-order valence-electron chi connectivity index (χ4n) is 8.49. The molecule has 0 spiro atoms. The van der Waals surface area contributed by atoms with Gasteiger partial charge in [0.25, 0.3) is 0 Å². The van der Waals surface area contributed by atoms with E-state index in [0.717, 1.165) is 0 Å². The number of methoxy groups -OCH3 is 2. The molecule has 5 aliphatic rings. The Kier molecular flexibility index (Phi) is 8.95. The molecule has 0 unspecified atom stereocenters. The summed E-state index contributed by atoms with van der Waals surface area (Å²) in [6.07, 6.45) is -2.30. The van der Waals surface area contributed by atoms with Crippen molar-refractivity contribution < 1.29 is 58.5 Å². The molecule has 2 saturated heterocycles. The van der Waals surface area contributed by atoms with E-state index >= 15 is 0 Å². The molecule has 2 aromatic carbocycles. The van der Waals surface area contributed by atoms with Crippen molar-refractivity contribution in [1.29, 1.82) is 0 Å². The fraction of sp³-hybridized carbons (Fsp3) is 0.543. The summed E-state index contributed by atoms with van der Waals surface area (Å²) in [5.41, 5.74) is -0.838. The Morgan fingerprint density at radius 3 is 2.58 bits per heavy atom.